The van der Waals surface area contributed by atoms with Gasteiger partial charge in [-0.1, -0.05) is 30.3 Å². The number of hydrogen-bond donors (Lipinski definition) is 1. The Balaban J connectivity index is 1.83. The highest BCUT2D eigenvalue weighted by atomic mass is 16.5. The molecule has 0 atom stereocenters. The summed E-state index contributed by atoms with van der Waals surface area (Å²) in [7, 11) is 4.58. The van der Waals surface area contributed by atoms with Crippen LogP contribution in [0, 0.1) is 0 Å². The van der Waals surface area contributed by atoms with Crippen LogP contribution < -0.4 is 19.5 Å². The minimum Gasteiger partial charge on any atom is -0.480 e. The highest BCUT2D eigenvalue weighted by molar-refractivity contribution is 5.69. The molecule has 0 fully saturated rings. The molecule has 0 amide bonds. The summed E-state index contributed by atoms with van der Waals surface area (Å²) in [6.45, 7) is 0.724. The monoisotopic (exact) mass is 367 g/mol. The molecule has 3 aromatic rings. The van der Waals surface area contributed by atoms with Crippen molar-refractivity contribution >= 4 is 5.69 Å². The number of benzene rings is 1. The Bertz CT molecular complexity index is 890. The molecule has 27 heavy (non-hydrogen) atoms. The van der Waals surface area contributed by atoms with E-state index in [2.05, 4.69) is 37.6 Å². The number of aromatic nitrogens is 4. The van der Waals surface area contributed by atoms with Crippen molar-refractivity contribution in [1.29, 1.82) is 0 Å². The maximum atomic E-state index is 5.33. The molecule has 3 rings (SSSR count). The topological polar surface area (TPSA) is 91.3 Å². The second-order valence-electron chi connectivity index (χ2n) is 5.59. The van der Waals surface area contributed by atoms with Gasteiger partial charge in [-0.3, -0.25) is 0 Å². The SMILES string of the molecule is COc1ncc(-c2cc(NCCc3ccccc3)c(OC)nn2)c(OC)n1. The van der Waals surface area contributed by atoms with Gasteiger partial charge in [-0.05, 0) is 18.1 Å². The van der Waals surface area contributed by atoms with Gasteiger partial charge >= 0.3 is 6.01 Å². The third-order valence-corrected chi connectivity index (χ3v) is 3.91. The van der Waals surface area contributed by atoms with Gasteiger partial charge in [0.1, 0.15) is 11.4 Å². The molecule has 8 heteroatoms. The maximum Gasteiger partial charge on any atom is 0.319 e. The van der Waals surface area contributed by atoms with Gasteiger partial charge in [0.25, 0.3) is 5.88 Å². The van der Waals surface area contributed by atoms with E-state index in [1.54, 1.807) is 13.3 Å². The van der Waals surface area contributed by atoms with Crippen molar-refractivity contribution in [3.8, 4) is 29.0 Å². The summed E-state index contributed by atoms with van der Waals surface area (Å²) in [5, 5.41) is 11.7. The van der Waals surface area contributed by atoms with Crippen molar-refractivity contribution in [3.63, 3.8) is 0 Å². The van der Waals surface area contributed by atoms with Crippen LogP contribution in [0.3, 0.4) is 0 Å². The molecule has 0 spiro atoms. The van der Waals surface area contributed by atoms with Crippen molar-refractivity contribution in [1.82, 2.24) is 20.2 Å². The van der Waals surface area contributed by atoms with E-state index in [1.807, 2.05) is 24.3 Å². The lowest BCUT2D eigenvalue weighted by atomic mass is 10.1. The average Bonchev–Trinajstić information content (AvgIpc) is 2.74. The Hall–Kier alpha value is -3.42. The number of ether oxygens (including phenoxy) is 3. The van der Waals surface area contributed by atoms with Gasteiger partial charge in [0.2, 0.25) is 5.88 Å². The Morgan fingerprint density at radius 3 is 2.41 bits per heavy atom. The van der Waals surface area contributed by atoms with Crippen LogP contribution in [-0.4, -0.2) is 48.0 Å². The van der Waals surface area contributed by atoms with Crippen molar-refractivity contribution in [2.45, 2.75) is 6.42 Å². The second-order valence-corrected chi connectivity index (χ2v) is 5.59. The fourth-order valence-electron chi connectivity index (χ4n) is 2.56. The van der Waals surface area contributed by atoms with E-state index in [0.29, 0.717) is 23.0 Å². The molecule has 2 aromatic heterocycles. The summed E-state index contributed by atoms with van der Waals surface area (Å²) in [5.41, 5.74) is 3.16. The van der Waals surface area contributed by atoms with E-state index in [1.165, 1.54) is 19.8 Å². The van der Waals surface area contributed by atoms with Crippen LogP contribution in [0.15, 0.2) is 42.6 Å². The van der Waals surface area contributed by atoms with Crippen LogP contribution in [0.4, 0.5) is 5.69 Å². The van der Waals surface area contributed by atoms with Crippen LogP contribution in [0.2, 0.25) is 0 Å². The van der Waals surface area contributed by atoms with Crippen LogP contribution in [0.5, 0.6) is 17.8 Å². The second kappa shape index (κ2) is 8.79. The zero-order chi connectivity index (χ0) is 19.1. The van der Waals surface area contributed by atoms with E-state index in [9.17, 15) is 0 Å². The molecule has 0 aliphatic carbocycles. The summed E-state index contributed by atoms with van der Waals surface area (Å²) < 4.78 is 15.7. The molecule has 8 nitrogen and oxygen atoms in total. The first kappa shape index (κ1) is 18.4. The Labute approximate surface area is 157 Å². The molecule has 140 valence electrons. The minimum absolute atomic E-state index is 0.221. The Morgan fingerprint density at radius 2 is 1.70 bits per heavy atom. The molecular formula is C19H21N5O3. The fraction of sp³-hybridized carbons (Fsp3) is 0.263. The van der Waals surface area contributed by atoms with Crippen LogP contribution in [-0.2, 0) is 6.42 Å². The first-order valence-electron chi connectivity index (χ1n) is 8.40. The zero-order valence-corrected chi connectivity index (χ0v) is 15.5. The molecule has 1 N–H and O–H groups in total. The van der Waals surface area contributed by atoms with Crippen molar-refractivity contribution < 1.29 is 14.2 Å². The highest BCUT2D eigenvalue weighted by Gasteiger charge is 2.15. The molecule has 0 unspecified atom stereocenters. The molecule has 0 radical (unpaired) electrons. The van der Waals surface area contributed by atoms with Gasteiger partial charge in [-0.2, -0.15) is 4.98 Å². The quantitative estimate of drug-likeness (QED) is 0.650. The fourth-order valence-corrected chi connectivity index (χ4v) is 2.56. The van der Waals surface area contributed by atoms with E-state index in [4.69, 9.17) is 14.2 Å². The first-order chi connectivity index (χ1) is 13.2. The number of nitrogens with one attached hydrogen (secondary N) is 1. The predicted molar refractivity (Wildman–Crippen MR) is 101 cm³/mol. The number of hydrogen-bond acceptors (Lipinski definition) is 8. The summed E-state index contributed by atoms with van der Waals surface area (Å²) in [6, 6.07) is 12.3. The van der Waals surface area contributed by atoms with Crippen LogP contribution in [0.1, 0.15) is 5.56 Å². The molecular weight excluding hydrogens is 346 g/mol. The molecule has 0 aliphatic heterocycles. The van der Waals surface area contributed by atoms with Crippen molar-refractivity contribution in [2.75, 3.05) is 33.2 Å². The lowest BCUT2D eigenvalue weighted by molar-refractivity contribution is 0.353. The van der Waals surface area contributed by atoms with Crippen molar-refractivity contribution in [2.24, 2.45) is 0 Å². The Morgan fingerprint density at radius 1 is 0.926 bits per heavy atom. The lowest BCUT2D eigenvalue weighted by Gasteiger charge is -2.12. The number of nitrogens with zero attached hydrogens (tertiary/aromatic N) is 4. The van der Waals surface area contributed by atoms with E-state index >= 15 is 0 Å². The molecule has 0 saturated carbocycles. The van der Waals surface area contributed by atoms with E-state index < -0.39 is 0 Å². The average molecular weight is 367 g/mol. The molecule has 0 saturated heterocycles. The van der Waals surface area contributed by atoms with E-state index in [-0.39, 0.29) is 6.01 Å². The largest absolute Gasteiger partial charge is 0.480 e. The maximum absolute atomic E-state index is 5.33. The molecule has 0 bridgehead atoms. The third-order valence-electron chi connectivity index (χ3n) is 3.91. The molecule has 0 aliphatic rings. The summed E-state index contributed by atoms with van der Waals surface area (Å²) in [5.74, 6) is 0.775. The predicted octanol–water partition coefficient (Wildman–Crippen LogP) is 2.61. The number of anilines is 1. The summed E-state index contributed by atoms with van der Waals surface area (Å²) in [6.07, 6.45) is 2.46. The van der Waals surface area contributed by atoms with Gasteiger partial charge in [0, 0.05) is 12.7 Å². The number of rotatable bonds is 8. The van der Waals surface area contributed by atoms with Gasteiger partial charge in [0.05, 0.1) is 26.9 Å². The van der Waals surface area contributed by atoms with Gasteiger partial charge in [0.15, 0.2) is 0 Å². The van der Waals surface area contributed by atoms with Gasteiger partial charge < -0.3 is 19.5 Å². The zero-order valence-electron chi connectivity index (χ0n) is 15.5. The molecule has 2 heterocycles. The van der Waals surface area contributed by atoms with Gasteiger partial charge in [-0.15, -0.1) is 10.2 Å². The highest BCUT2D eigenvalue weighted by Crippen LogP contribution is 2.31. The van der Waals surface area contributed by atoms with Crippen LogP contribution >= 0.6 is 0 Å². The third kappa shape index (κ3) is 4.41. The Kier molecular flexibility index (Phi) is 5.98. The van der Waals surface area contributed by atoms with Crippen LogP contribution in [0.25, 0.3) is 11.3 Å². The minimum atomic E-state index is 0.221. The lowest BCUT2D eigenvalue weighted by Crippen LogP contribution is -2.08. The first-order valence-corrected chi connectivity index (χ1v) is 8.40. The standard InChI is InChI=1S/C19H21N5O3/c1-25-17-14(12-21-19(22-17)27-3)15-11-16(18(26-2)24-23-15)20-10-9-13-7-5-4-6-8-13/h4-8,11-12H,9-10H2,1-3H3,(H,20,23). The number of methoxy groups -OCH3 is 3. The summed E-state index contributed by atoms with van der Waals surface area (Å²) >= 11 is 0. The molecule has 1 aromatic carbocycles. The van der Waals surface area contributed by atoms with Gasteiger partial charge in [-0.25, -0.2) is 4.98 Å². The van der Waals surface area contributed by atoms with Crippen molar-refractivity contribution in [3.05, 3.63) is 48.2 Å². The smallest absolute Gasteiger partial charge is 0.319 e. The normalized spacial score (nSPS) is 10.3. The summed E-state index contributed by atoms with van der Waals surface area (Å²) in [4.78, 5) is 8.31. The van der Waals surface area contributed by atoms with E-state index in [0.717, 1.165) is 18.7 Å².